The molecule has 6 nitrogen and oxygen atoms in total. The molecule has 2 N–H and O–H groups in total. The standard InChI is InChI=1S/C13H18O6/c1-7(14)5-9(16)11-12(10(17)6-8(2)15)19-13(3,4)18-11/h5-6,11-12,16-17H,1-4H3/b9-5-,10-6-/t11-,12-/m0/s1. The van der Waals surface area contributed by atoms with E-state index in [0.717, 1.165) is 12.2 Å². The van der Waals surface area contributed by atoms with Crippen LogP contribution < -0.4 is 0 Å². The van der Waals surface area contributed by atoms with E-state index in [-0.39, 0.29) is 23.1 Å². The number of aliphatic hydroxyl groups is 2. The van der Waals surface area contributed by atoms with E-state index in [0.29, 0.717) is 0 Å². The Balaban J connectivity index is 3.06. The van der Waals surface area contributed by atoms with Gasteiger partial charge in [0.2, 0.25) is 0 Å². The summed E-state index contributed by atoms with van der Waals surface area (Å²) >= 11 is 0. The number of aliphatic hydroxyl groups excluding tert-OH is 2. The molecule has 1 heterocycles. The van der Waals surface area contributed by atoms with Crippen LogP contribution in [-0.2, 0) is 19.1 Å². The summed E-state index contributed by atoms with van der Waals surface area (Å²) in [5, 5.41) is 19.6. The molecular formula is C13H18O6. The fourth-order valence-corrected chi connectivity index (χ4v) is 1.77. The lowest BCUT2D eigenvalue weighted by Crippen LogP contribution is -2.27. The van der Waals surface area contributed by atoms with Crippen LogP contribution in [0.4, 0.5) is 0 Å². The van der Waals surface area contributed by atoms with Gasteiger partial charge < -0.3 is 19.7 Å². The highest BCUT2D eigenvalue weighted by atomic mass is 16.8. The Bertz CT molecular complexity index is 406. The van der Waals surface area contributed by atoms with E-state index in [2.05, 4.69) is 0 Å². The van der Waals surface area contributed by atoms with Gasteiger partial charge in [-0.1, -0.05) is 0 Å². The van der Waals surface area contributed by atoms with Crippen LogP contribution >= 0.6 is 0 Å². The molecule has 1 saturated heterocycles. The van der Waals surface area contributed by atoms with Crippen molar-refractivity contribution in [3.8, 4) is 0 Å². The van der Waals surface area contributed by atoms with Crippen LogP contribution in [0.1, 0.15) is 27.7 Å². The highest BCUT2D eigenvalue weighted by Gasteiger charge is 2.45. The van der Waals surface area contributed by atoms with Crippen molar-refractivity contribution in [1.29, 1.82) is 0 Å². The van der Waals surface area contributed by atoms with Gasteiger partial charge in [-0.15, -0.1) is 0 Å². The topological polar surface area (TPSA) is 93.1 Å². The van der Waals surface area contributed by atoms with Crippen molar-refractivity contribution in [1.82, 2.24) is 0 Å². The molecular weight excluding hydrogens is 252 g/mol. The number of hydrogen-bond donors (Lipinski definition) is 2. The largest absolute Gasteiger partial charge is 0.509 e. The molecule has 0 aromatic rings. The maximum atomic E-state index is 11.0. The van der Waals surface area contributed by atoms with Crippen molar-refractivity contribution >= 4 is 11.6 Å². The van der Waals surface area contributed by atoms with E-state index in [9.17, 15) is 19.8 Å². The molecule has 6 heteroatoms. The zero-order chi connectivity index (χ0) is 14.8. The minimum absolute atomic E-state index is 0.355. The third-order valence-corrected chi connectivity index (χ3v) is 2.38. The molecule has 0 radical (unpaired) electrons. The van der Waals surface area contributed by atoms with Crippen LogP contribution in [0, 0.1) is 0 Å². The molecule has 1 rings (SSSR count). The zero-order valence-electron chi connectivity index (χ0n) is 11.3. The minimum Gasteiger partial charge on any atom is -0.509 e. The highest BCUT2D eigenvalue weighted by molar-refractivity contribution is 5.88. The van der Waals surface area contributed by atoms with Gasteiger partial charge in [0.1, 0.15) is 11.5 Å². The quantitative estimate of drug-likeness (QED) is 0.595. The van der Waals surface area contributed by atoms with Gasteiger partial charge in [-0.2, -0.15) is 0 Å². The summed E-state index contributed by atoms with van der Waals surface area (Å²) in [6.45, 7) is 5.75. The first-order chi connectivity index (χ1) is 8.62. The summed E-state index contributed by atoms with van der Waals surface area (Å²) in [7, 11) is 0. The van der Waals surface area contributed by atoms with Gasteiger partial charge in [0.15, 0.2) is 29.6 Å². The molecule has 0 spiro atoms. The van der Waals surface area contributed by atoms with Crippen LogP contribution in [0.5, 0.6) is 0 Å². The van der Waals surface area contributed by atoms with Crippen molar-refractivity contribution < 1.29 is 29.3 Å². The molecule has 106 valence electrons. The minimum atomic E-state index is -1.05. The van der Waals surface area contributed by atoms with Crippen LogP contribution in [-0.4, -0.2) is 39.8 Å². The van der Waals surface area contributed by atoms with E-state index in [1.54, 1.807) is 13.8 Å². The first kappa shape index (κ1) is 15.4. The van der Waals surface area contributed by atoms with Crippen molar-refractivity contribution in [2.24, 2.45) is 0 Å². The van der Waals surface area contributed by atoms with Gasteiger partial charge >= 0.3 is 0 Å². The number of carbonyl (C=O) groups is 2. The third-order valence-electron chi connectivity index (χ3n) is 2.38. The normalized spacial score (nSPS) is 27.4. The van der Waals surface area contributed by atoms with Gasteiger partial charge in [0, 0.05) is 12.2 Å². The fourth-order valence-electron chi connectivity index (χ4n) is 1.77. The molecule has 2 atom stereocenters. The summed E-state index contributed by atoms with van der Waals surface area (Å²) in [6.07, 6.45) is -0.0866. The van der Waals surface area contributed by atoms with Crippen molar-refractivity contribution in [2.75, 3.05) is 0 Å². The average Bonchev–Trinajstić information content (AvgIpc) is 2.52. The number of hydrogen-bond acceptors (Lipinski definition) is 6. The van der Waals surface area contributed by atoms with Crippen molar-refractivity contribution in [2.45, 2.75) is 45.7 Å². The second-order valence-corrected chi connectivity index (χ2v) is 4.84. The Morgan fingerprint density at radius 3 is 1.53 bits per heavy atom. The first-order valence-electron chi connectivity index (χ1n) is 5.80. The lowest BCUT2D eigenvalue weighted by molar-refractivity contribution is -0.145. The van der Waals surface area contributed by atoms with Gasteiger partial charge in [-0.25, -0.2) is 0 Å². The second-order valence-electron chi connectivity index (χ2n) is 4.84. The van der Waals surface area contributed by atoms with Crippen molar-refractivity contribution in [3.05, 3.63) is 23.7 Å². The Kier molecular flexibility index (Phi) is 4.49. The van der Waals surface area contributed by atoms with Crippen LogP contribution in [0.2, 0.25) is 0 Å². The van der Waals surface area contributed by atoms with E-state index in [1.165, 1.54) is 13.8 Å². The highest BCUT2D eigenvalue weighted by Crippen LogP contribution is 2.34. The van der Waals surface area contributed by atoms with E-state index >= 15 is 0 Å². The fraction of sp³-hybridized carbons (Fsp3) is 0.538. The van der Waals surface area contributed by atoms with E-state index in [1.807, 2.05) is 0 Å². The average molecular weight is 270 g/mol. The van der Waals surface area contributed by atoms with Crippen LogP contribution in [0.3, 0.4) is 0 Å². The van der Waals surface area contributed by atoms with Gasteiger partial charge in [-0.05, 0) is 27.7 Å². The number of ether oxygens (including phenoxy) is 2. The summed E-state index contributed by atoms with van der Waals surface area (Å²) in [5.74, 6) is -2.48. The maximum absolute atomic E-state index is 11.0. The molecule has 1 aliphatic rings. The van der Waals surface area contributed by atoms with Crippen LogP contribution in [0.25, 0.3) is 0 Å². The summed E-state index contributed by atoms with van der Waals surface area (Å²) in [4.78, 5) is 21.9. The predicted octanol–water partition coefficient (Wildman–Crippen LogP) is 1.57. The second kappa shape index (κ2) is 5.54. The first-order valence-corrected chi connectivity index (χ1v) is 5.80. The van der Waals surface area contributed by atoms with Gasteiger partial charge in [-0.3, -0.25) is 9.59 Å². The summed E-state index contributed by atoms with van der Waals surface area (Å²) in [5.41, 5.74) is 0. The van der Waals surface area contributed by atoms with Gasteiger partial charge in [0.05, 0.1) is 0 Å². The Labute approximate surface area is 111 Å². The van der Waals surface area contributed by atoms with E-state index < -0.39 is 18.0 Å². The zero-order valence-corrected chi connectivity index (χ0v) is 11.3. The molecule has 0 bridgehead atoms. The number of ketones is 2. The number of rotatable bonds is 4. The molecule has 0 amide bonds. The van der Waals surface area contributed by atoms with Gasteiger partial charge in [0.25, 0.3) is 0 Å². The molecule has 0 unspecified atom stereocenters. The molecule has 1 fully saturated rings. The molecule has 1 aliphatic heterocycles. The third kappa shape index (κ3) is 4.18. The molecule has 0 aliphatic carbocycles. The Morgan fingerprint density at radius 1 is 0.947 bits per heavy atom. The summed E-state index contributed by atoms with van der Waals surface area (Å²) < 4.78 is 10.8. The van der Waals surface area contributed by atoms with Crippen LogP contribution in [0.15, 0.2) is 23.7 Å². The SMILES string of the molecule is CC(=O)/C=C(\O)[C@@H]1OC(C)(C)O[C@H]1/C(O)=C/C(C)=O. The Morgan fingerprint density at radius 2 is 1.26 bits per heavy atom. The molecule has 0 aromatic carbocycles. The molecule has 0 saturated carbocycles. The lowest BCUT2D eigenvalue weighted by atomic mass is 10.1. The number of allylic oxidation sites excluding steroid dienone is 2. The monoisotopic (exact) mass is 270 g/mol. The Hall–Kier alpha value is -1.66. The van der Waals surface area contributed by atoms with Crippen molar-refractivity contribution in [3.63, 3.8) is 0 Å². The molecule has 0 aromatic heterocycles. The lowest BCUT2D eigenvalue weighted by Gasteiger charge is -2.16. The van der Waals surface area contributed by atoms with E-state index in [4.69, 9.17) is 9.47 Å². The summed E-state index contributed by atoms with van der Waals surface area (Å²) in [6, 6.07) is 0. The predicted molar refractivity (Wildman–Crippen MR) is 66.6 cm³/mol. The molecule has 19 heavy (non-hydrogen) atoms. The maximum Gasteiger partial charge on any atom is 0.165 e. The smallest absolute Gasteiger partial charge is 0.165 e. The number of carbonyl (C=O) groups excluding carboxylic acids is 2.